The molecule has 1 aliphatic carbocycles. The normalized spacial score (nSPS) is 16.1. The van der Waals surface area contributed by atoms with Crippen LogP contribution in [-0.2, 0) is 17.6 Å². The quantitative estimate of drug-likeness (QED) is 0.370. The number of carboxylic acid groups (broad SMARTS) is 1. The number of hydrogen-bond acceptors (Lipinski definition) is 5. The summed E-state index contributed by atoms with van der Waals surface area (Å²) < 4.78 is 12.0. The van der Waals surface area contributed by atoms with Gasteiger partial charge in [-0.15, -0.1) is 0 Å². The first-order valence-electron chi connectivity index (χ1n) is 11.6. The lowest BCUT2D eigenvalue weighted by atomic mass is 9.87. The Hall–Kier alpha value is -4.06. The summed E-state index contributed by atoms with van der Waals surface area (Å²) in [7, 11) is 1.59. The van der Waals surface area contributed by atoms with Crippen molar-refractivity contribution in [2.75, 3.05) is 12.8 Å². The van der Waals surface area contributed by atoms with E-state index in [1.54, 1.807) is 31.5 Å². The SMILES string of the molecule is COc1ccc(CC(=O)O)c(OC2c3cc(-c4cccc5c(N)nccc45)ccc3CC2(C)C)c1. The number of methoxy groups -OCH3 is 1. The van der Waals surface area contributed by atoms with E-state index in [9.17, 15) is 9.90 Å². The van der Waals surface area contributed by atoms with Gasteiger partial charge in [0.25, 0.3) is 0 Å². The number of rotatable bonds is 6. The van der Waals surface area contributed by atoms with Crippen molar-refractivity contribution in [1.29, 1.82) is 0 Å². The summed E-state index contributed by atoms with van der Waals surface area (Å²) in [5.74, 6) is 0.767. The fourth-order valence-electron chi connectivity index (χ4n) is 5.08. The van der Waals surface area contributed by atoms with Gasteiger partial charge in [-0.05, 0) is 52.3 Å². The number of fused-ring (bicyclic) bond motifs is 2. The predicted molar refractivity (Wildman–Crippen MR) is 137 cm³/mol. The number of anilines is 1. The Kier molecular flexibility index (Phi) is 5.59. The second-order valence-corrected chi connectivity index (χ2v) is 9.72. The largest absolute Gasteiger partial charge is 0.497 e. The first-order chi connectivity index (χ1) is 16.8. The maximum Gasteiger partial charge on any atom is 0.307 e. The van der Waals surface area contributed by atoms with Crippen molar-refractivity contribution < 1.29 is 19.4 Å². The highest BCUT2D eigenvalue weighted by molar-refractivity contribution is 6.01. The van der Waals surface area contributed by atoms with Gasteiger partial charge in [0.1, 0.15) is 23.4 Å². The van der Waals surface area contributed by atoms with Crippen molar-refractivity contribution in [1.82, 2.24) is 4.98 Å². The number of ether oxygens (including phenoxy) is 2. The Labute approximate surface area is 204 Å². The van der Waals surface area contributed by atoms with E-state index in [1.807, 2.05) is 18.2 Å². The van der Waals surface area contributed by atoms with Gasteiger partial charge in [-0.25, -0.2) is 4.98 Å². The van der Waals surface area contributed by atoms with Crippen LogP contribution in [0, 0.1) is 5.41 Å². The second-order valence-electron chi connectivity index (χ2n) is 9.72. The van der Waals surface area contributed by atoms with E-state index in [4.69, 9.17) is 15.2 Å². The third kappa shape index (κ3) is 4.16. The van der Waals surface area contributed by atoms with Crippen molar-refractivity contribution in [3.05, 3.63) is 83.6 Å². The predicted octanol–water partition coefficient (Wildman–Crippen LogP) is 5.82. The van der Waals surface area contributed by atoms with Gasteiger partial charge in [-0.2, -0.15) is 0 Å². The molecular weight excluding hydrogens is 440 g/mol. The molecule has 1 aromatic heterocycles. The van der Waals surface area contributed by atoms with E-state index < -0.39 is 5.97 Å². The average Bonchev–Trinajstić information content (AvgIpc) is 3.08. The lowest BCUT2D eigenvalue weighted by Crippen LogP contribution is -2.23. The second kappa shape index (κ2) is 8.62. The molecule has 0 fully saturated rings. The molecular formula is C29H28N2O4. The monoisotopic (exact) mass is 468 g/mol. The fraction of sp³-hybridized carbons (Fsp3) is 0.241. The Morgan fingerprint density at radius 3 is 2.71 bits per heavy atom. The van der Waals surface area contributed by atoms with E-state index in [0.29, 0.717) is 22.9 Å². The number of carboxylic acids is 1. The van der Waals surface area contributed by atoms with Gasteiger partial charge in [-0.3, -0.25) is 4.79 Å². The van der Waals surface area contributed by atoms with Crippen molar-refractivity contribution >= 4 is 22.6 Å². The number of hydrogen-bond donors (Lipinski definition) is 2. The molecule has 0 aliphatic heterocycles. The maximum atomic E-state index is 11.5. The number of benzene rings is 3. The molecule has 0 spiro atoms. The summed E-state index contributed by atoms with van der Waals surface area (Å²) in [6, 6.07) is 19.9. The molecule has 0 bridgehead atoms. The molecule has 35 heavy (non-hydrogen) atoms. The molecule has 0 saturated carbocycles. The number of nitrogens with zero attached hydrogens (tertiary/aromatic N) is 1. The maximum absolute atomic E-state index is 11.5. The van der Waals surface area contributed by atoms with Gasteiger partial charge in [0.15, 0.2) is 0 Å². The number of nitrogens with two attached hydrogens (primary N) is 1. The van der Waals surface area contributed by atoms with Gasteiger partial charge < -0.3 is 20.3 Å². The lowest BCUT2D eigenvalue weighted by molar-refractivity contribution is -0.136. The Balaban J connectivity index is 1.59. The topological polar surface area (TPSA) is 94.7 Å². The van der Waals surface area contributed by atoms with Gasteiger partial charge in [0.05, 0.1) is 13.5 Å². The molecule has 5 rings (SSSR count). The number of carbonyl (C=O) groups is 1. The Morgan fingerprint density at radius 1 is 1.11 bits per heavy atom. The molecule has 4 aromatic rings. The minimum Gasteiger partial charge on any atom is -0.497 e. The molecule has 0 radical (unpaired) electrons. The molecule has 6 heteroatoms. The zero-order valence-corrected chi connectivity index (χ0v) is 20.0. The van der Waals surface area contributed by atoms with Gasteiger partial charge in [-0.1, -0.05) is 50.2 Å². The molecule has 1 aliphatic rings. The summed E-state index contributed by atoms with van der Waals surface area (Å²) >= 11 is 0. The van der Waals surface area contributed by atoms with Crippen molar-refractivity contribution in [3.63, 3.8) is 0 Å². The highest BCUT2D eigenvalue weighted by Crippen LogP contribution is 2.49. The fourth-order valence-corrected chi connectivity index (χ4v) is 5.08. The molecule has 1 heterocycles. The highest BCUT2D eigenvalue weighted by Gasteiger charge is 2.41. The van der Waals surface area contributed by atoms with E-state index in [1.165, 1.54) is 5.56 Å². The molecule has 6 nitrogen and oxygen atoms in total. The lowest BCUT2D eigenvalue weighted by Gasteiger charge is -2.29. The van der Waals surface area contributed by atoms with Crippen LogP contribution in [0.5, 0.6) is 11.5 Å². The average molecular weight is 469 g/mol. The van der Waals surface area contributed by atoms with Crippen LogP contribution in [0.1, 0.15) is 36.6 Å². The van der Waals surface area contributed by atoms with Gasteiger partial charge in [0, 0.05) is 28.6 Å². The first kappa shape index (κ1) is 22.7. The smallest absolute Gasteiger partial charge is 0.307 e. The van der Waals surface area contributed by atoms with Gasteiger partial charge >= 0.3 is 5.97 Å². The Morgan fingerprint density at radius 2 is 1.94 bits per heavy atom. The van der Waals surface area contributed by atoms with Crippen LogP contribution in [0.2, 0.25) is 0 Å². The molecule has 3 N–H and O–H groups in total. The summed E-state index contributed by atoms with van der Waals surface area (Å²) in [6.07, 6.45) is 2.22. The van der Waals surface area contributed by atoms with E-state index in [2.05, 4.69) is 43.1 Å². The van der Waals surface area contributed by atoms with E-state index in [0.717, 1.165) is 33.9 Å². The van der Waals surface area contributed by atoms with Gasteiger partial charge in [0.2, 0.25) is 0 Å². The minimum absolute atomic E-state index is 0.120. The van der Waals surface area contributed by atoms with Crippen LogP contribution in [0.25, 0.3) is 21.9 Å². The van der Waals surface area contributed by atoms with Crippen LogP contribution in [0.4, 0.5) is 5.82 Å². The number of pyridine rings is 1. The minimum atomic E-state index is -0.905. The molecule has 178 valence electrons. The van der Waals surface area contributed by atoms with Crippen LogP contribution < -0.4 is 15.2 Å². The zero-order valence-electron chi connectivity index (χ0n) is 20.0. The third-order valence-electron chi connectivity index (χ3n) is 6.79. The van der Waals surface area contributed by atoms with E-state index in [-0.39, 0.29) is 17.9 Å². The van der Waals surface area contributed by atoms with Crippen LogP contribution in [-0.4, -0.2) is 23.2 Å². The molecule has 1 unspecified atom stereocenters. The van der Waals surface area contributed by atoms with Crippen LogP contribution >= 0.6 is 0 Å². The van der Waals surface area contributed by atoms with E-state index >= 15 is 0 Å². The van der Waals surface area contributed by atoms with Crippen molar-refractivity contribution in [3.8, 4) is 22.6 Å². The molecule has 3 aromatic carbocycles. The molecule has 0 amide bonds. The highest BCUT2D eigenvalue weighted by atomic mass is 16.5. The summed E-state index contributed by atoms with van der Waals surface area (Å²) in [5.41, 5.74) is 11.1. The van der Waals surface area contributed by atoms with Crippen LogP contribution in [0.15, 0.2) is 66.9 Å². The zero-order chi connectivity index (χ0) is 24.7. The van der Waals surface area contributed by atoms with Crippen LogP contribution in [0.3, 0.4) is 0 Å². The summed E-state index contributed by atoms with van der Waals surface area (Å²) in [6.45, 7) is 4.36. The summed E-state index contributed by atoms with van der Waals surface area (Å²) in [5, 5.41) is 11.4. The molecule has 0 saturated heterocycles. The first-order valence-corrected chi connectivity index (χ1v) is 11.6. The molecule has 1 atom stereocenters. The third-order valence-corrected chi connectivity index (χ3v) is 6.79. The number of aromatic nitrogens is 1. The number of aliphatic carboxylic acids is 1. The summed E-state index contributed by atoms with van der Waals surface area (Å²) in [4.78, 5) is 15.7. The van der Waals surface area contributed by atoms with Crippen molar-refractivity contribution in [2.45, 2.75) is 32.8 Å². The Bertz CT molecular complexity index is 1440. The van der Waals surface area contributed by atoms with Crippen molar-refractivity contribution in [2.24, 2.45) is 5.41 Å². The number of nitrogen functional groups attached to an aromatic ring is 1. The standard InChI is InChI=1S/C29H28N2O4/c1-29(2)16-19-8-7-17(21-5-4-6-23-22(21)11-12-31-28(23)30)13-24(19)27(29)35-25-15-20(34-3)10-9-18(25)14-26(32)33/h4-13,15,27H,14,16H2,1-3H3,(H2,30,31)(H,32,33).